The monoisotopic (exact) mass is 205 g/mol. The molecule has 0 saturated heterocycles. The highest BCUT2D eigenvalue weighted by atomic mass is 16.3. The summed E-state index contributed by atoms with van der Waals surface area (Å²) in [4.78, 5) is 18.4. The molecule has 2 N–H and O–H groups in total. The van der Waals surface area contributed by atoms with Gasteiger partial charge in [-0.25, -0.2) is 4.98 Å². The second-order valence-electron chi connectivity index (χ2n) is 3.13. The summed E-state index contributed by atoms with van der Waals surface area (Å²) in [6, 6.07) is 3.40. The van der Waals surface area contributed by atoms with E-state index in [0.717, 1.165) is 5.76 Å². The third-order valence-corrected chi connectivity index (χ3v) is 1.94. The second-order valence-corrected chi connectivity index (χ2v) is 3.13. The van der Waals surface area contributed by atoms with Crippen LogP contribution in [0.4, 0.5) is 0 Å². The fourth-order valence-electron chi connectivity index (χ4n) is 1.20. The predicted molar refractivity (Wildman–Crippen MR) is 53.2 cm³/mol. The molecule has 2 aromatic heterocycles. The first-order chi connectivity index (χ1) is 7.25. The molecule has 5 nitrogen and oxygen atoms in total. The van der Waals surface area contributed by atoms with Crippen LogP contribution in [0.25, 0.3) is 0 Å². The third-order valence-electron chi connectivity index (χ3n) is 1.94. The van der Waals surface area contributed by atoms with Crippen molar-refractivity contribution in [1.82, 2.24) is 15.3 Å². The molecule has 0 atom stereocenters. The average molecular weight is 205 g/mol. The first kappa shape index (κ1) is 9.51. The van der Waals surface area contributed by atoms with Crippen molar-refractivity contribution in [2.75, 3.05) is 0 Å². The summed E-state index contributed by atoms with van der Waals surface area (Å²) in [7, 11) is 0. The van der Waals surface area contributed by atoms with Gasteiger partial charge in [-0.1, -0.05) is 0 Å². The van der Waals surface area contributed by atoms with Crippen LogP contribution in [0.5, 0.6) is 0 Å². The number of aromatic amines is 1. The van der Waals surface area contributed by atoms with Gasteiger partial charge in [0, 0.05) is 12.4 Å². The molecule has 0 aliphatic rings. The number of hydrogen-bond donors (Lipinski definition) is 2. The Bertz CT molecular complexity index is 445. The lowest BCUT2D eigenvalue weighted by molar-refractivity contribution is 0.0921. The highest BCUT2D eigenvalue weighted by molar-refractivity contribution is 5.91. The Kier molecular flexibility index (Phi) is 2.53. The predicted octanol–water partition coefficient (Wildman–Crippen LogP) is 1.24. The normalized spacial score (nSPS) is 10.2. The SMILES string of the molecule is Cc1ccc(C(=O)NCc2ncc[nH]2)o1. The minimum atomic E-state index is -0.237. The highest BCUT2D eigenvalue weighted by Crippen LogP contribution is 2.05. The maximum absolute atomic E-state index is 11.5. The molecule has 1 amide bonds. The fourth-order valence-corrected chi connectivity index (χ4v) is 1.20. The molecule has 0 radical (unpaired) electrons. The van der Waals surface area contributed by atoms with Gasteiger partial charge >= 0.3 is 0 Å². The summed E-state index contributed by atoms with van der Waals surface area (Å²) < 4.78 is 5.17. The van der Waals surface area contributed by atoms with Crippen LogP contribution in [0.3, 0.4) is 0 Å². The molecule has 0 spiro atoms. The smallest absolute Gasteiger partial charge is 0.287 e. The van der Waals surface area contributed by atoms with Crippen LogP contribution in [0, 0.1) is 6.92 Å². The number of rotatable bonds is 3. The summed E-state index contributed by atoms with van der Waals surface area (Å²) in [6.07, 6.45) is 3.34. The maximum Gasteiger partial charge on any atom is 0.287 e. The summed E-state index contributed by atoms with van der Waals surface area (Å²) in [5, 5.41) is 2.69. The molecular formula is C10H11N3O2. The van der Waals surface area contributed by atoms with E-state index in [1.165, 1.54) is 0 Å². The lowest BCUT2D eigenvalue weighted by Gasteiger charge is -1.99. The van der Waals surface area contributed by atoms with E-state index in [4.69, 9.17) is 4.42 Å². The van der Waals surface area contributed by atoms with Crippen LogP contribution in [0.15, 0.2) is 28.9 Å². The quantitative estimate of drug-likeness (QED) is 0.791. The molecule has 0 bridgehead atoms. The van der Waals surface area contributed by atoms with E-state index in [1.807, 2.05) is 0 Å². The topological polar surface area (TPSA) is 70.9 Å². The van der Waals surface area contributed by atoms with Gasteiger partial charge in [0.2, 0.25) is 0 Å². The number of nitrogens with one attached hydrogen (secondary N) is 2. The number of amides is 1. The molecule has 0 aliphatic carbocycles. The first-order valence-electron chi connectivity index (χ1n) is 4.58. The van der Waals surface area contributed by atoms with Gasteiger partial charge in [-0.2, -0.15) is 0 Å². The van der Waals surface area contributed by atoms with E-state index in [1.54, 1.807) is 31.5 Å². The zero-order valence-electron chi connectivity index (χ0n) is 8.28. The Morgan fingerprint density at radius 1 is 1.60 bits per heavy atom. The number of H-pyrrole nitrogens is 1. The van der Waals surface area contributed by atoms with Crippen molar-refractivity contribution >= 4 is 5.91 Å². The molecule has 2 aromatic rings. The van der Waals surface area contributed by atoms with Crippen molar-refractivity contribution in [3.8, 4) is 0 Å². The van der Waals surface area contributed by atoms with Crippen molar-refractivity contribution in [2.45, 2.75) is 13.5 Å². The molecule has 0 aromatic carbocycles. The van der Waals surface area contributed by atoms with Crippen LogP contribution in [0.1, 0.15) is 22.1 Å². The molecule has 0 aliphatic heterocycles. The summed E-state index contributed by atoms with van der Waals surface area (Å²) in [5.74, 6) is 1.52. The Hall–Kier alpha value is -2.04. The average Bonchev–Trinajstić information content (AvgIpc) is 2.84. The molecule has 2 rings (SSSR count). The molecule has 5 heteroatoms. The van der Waals surface area contributed by atoms with E-state index in [2.05, 4.69) is 15.3 Å². The summed E-state index contributed by atoms with van der Waals surface area (Å²) >= 11 is 0. The highest BCUT2D eigenvalue weighted by Gasteiger charge is 2.09. The van der Waals surface area contributed by atoms with Crippen LogP contribution in [-0.2, 0) is 6.54 Å². The van der Waals surface area contributed by atoms with Gasteiger partial charge in [-0.05, 0) is 19.1 Å². The number of furan rings is 1. The number of aryl methyl sites for hydroxylation is 1. The Morgan fingerprint density at radius 2 is 2.47 bits per heavy atom. The minimum Gasteiger partial charge on any atom is -0.456 e. The molecular weight excluding hydrogens is 194 g/mol. The van der Waals surface area contributed by atoms with E-state index < -0.39 is 0 Å². The molecule has 0 unspecified atom stereocenters. The van der Waals surface area contributed by atoms with Crippen molar-refractivity contribution in [2.24, 2.45) is 0 Å². The summed E-state index contributed by atoms with van der Waals surface area (Å²) in [5.41, 5.74) is 0. The van der Waals surface area contributed by atoms with Gasteiger partial charge in [0.25, 0.3) is 5.91 Å². The van der Waals surface area contributed by atoms with Gasteiger partial charge in [-0.3, -0.25) is 4.79 Å². The molecule has 78 valence electrons. The Labute approximate surface area is 86.5 Å². The number of hydrogen-bond acceptors (Lipinski definition) is 3. The maximum atomic E-state index is 11.5. The van der Waals surface area contributed by atoms with Crippen LogP contribution in [-0.4, -0.2) is 15.9 Å². The van der Waals surface area contributed by atoms with Crippen molar-refractivity contribution in [1.29, 1.82) is 0 Å². The Morgan fingerprint density at radius 3 is 3.07 bits per heavy atom. The van der Waals surface area contributed by atoms with Gasteiger partial charge in [-0.15, -0.1) is 0 Å². The largest absolute Gasteiger partial charge is 0.456 e. The first-order valence-corrected chi connectivity index (χ1v) is 4.58. The number of imidazole rings is 1. The minimum absolute atomic E-state index is 0.237. The van der Waals surface area contributed by atoms with E-state index in [-0.39, 0.29) is 5.91 Å². The second kappa shape index (κ2) is 4.00. The van der Waals surface area contributed by atoms with Crippen molar-refractivity contribution in [3.63, 3.8) is 0 Å². The standard InChI is InChI=1S/C10H11N3O2/c1-7-2-3-8(15-7)10(14)13-6-9-11-4-5-12-9/h2-5H,6H2,1H3,(H,11,12)(H,13,14). The zero-order chi connectivity index (χ0) is 10.7. The van der Waals surface area contributed by atoms with E-state index in [0.29, 0.717) is 18.1 Å². The lowest BCUT2D eigenvalue weighted by atomic mass is 10.4. The van der Waals surface area contributed by atoms with Crippen LogP contribution in [0.2, 0.25) is 0 Å². The Balaban J connectivity index is 1.93. The van der Waals surface area contributed by atoms with E-state index >= 15 is 0 Å². The molecule has 0 saturated carbocycles. The number of carbonyl (C=O) groups excluding carboxylic acids is 1. The van der Waals surface area contributed by atoms with Gasteiger partial charge in [0.1, 0.15) is 11.6 Å². The molecule has 2 heterocycles. The van der Waals surface area contributed by atoms with Crippen LogP contribution < -0.4 is 5.32 Å². The molecule has 0 fully saturated rings. The number of aromatic nitrogens is 2. The summed E-state index contributed by atoms with van der Waals surface area (Å²) in [6.45, 7) is 2.16. The van der Waals surface area contributed by atoms with Gasteiger partial charge < -0.3 is 14.7 Å². The zero-order valence-corrected chi connectivity index (χ0v) is 8.28. The number of nitrogens with zero attached hydrogens (tertiary/aromatic N) is 1. The third kappa shape index (κ3) is 2.25. The fraction of sp³-hybridized carbons (Fsp3) is 0.200. The van der Waals surface area contributed by atoms with Crippen LogP contribution >= 0.6 is 0 Å². The lowest BCUT2D eigenvalue weighted by Crippen LogP contribution is -2.22. The van der Waals surface area contributed by atoms with Gasteiger partial charge in [0.05, 0.1) is 6.54 Å². The number of carbonyl (C=O) groups is 1. The van der Waals surface area contributed by atoms with Crippen molar-refractivity contribution < 1.29 is 9.21 Å². The molecule has 15 heavy (non-hydrogen) atoms. The van der Waals surface area contributed by atoms with Crippen molar-refractivity contribution in [3.05, 3.63) is 41.9 Å². The van der Waals surface area contributed by atoms with E-state index in [9.17, 15) is 4.79 Å². The van der Waals surface area contributed by atoms with Gasteiger partial charge in [0.15, 0.2) is 5.76 Å².